The number of aromatic nitrogens is 2. The van der Waals surface area contributed by atoms with Gasteiger partial charge in [-0.2, -0.15) is 4.98 Å². The van der Waals surface area contributed by atoms with Crippen molar-refractivity contribution >= 4 is 11.7 Å². The highest BCUT2D eigenvalue weighted by molar-refractivity contribution is 6.03. The number of ether oxygens (including phenoxy) is 1. The van der Waals surface area contributed by atoms with Crippen molar-refractivity contribution in [1.29, 1.82) is 0 Å². The number of amides is 1. The molecule has 5 rings (SSSR count). The number of carbonyl (C=O) groups excluding carboxylic acids is 1. The van der Waals surface area contributed by atoms with E-state index in [0.29, 0.717) is 18.4 Å². The standard InChI is InChI=1S/C19H19N3O5/c23-15(11-4-2-1-3-5-11)20-13-6-7-22(17(24)21-13)14-10-18(25)8-12-9-19(12,26)16(18)27-14/h1-7,12,14,16,25-26H,8-10H2,(H,20,21,23,24)/t12-,14+,16-,18-,19+/m0/s1. The molecule has 2 aliphatic carbocycles. The Labute approximate surface area is 154 Å². The highest BCUT2D eigenvalue weighted by Crippen LogP contribution is 2.65. The van der Waals surface area contributed by atoms with E-state index in [0.717, 1.165) is 0 Å². The summed E-state index contributed by atoms with van der Waals surface area (Å²) in [5.41, 5.74) is -2.20. The second-order valence-electron chi connectivity index (χ2n) is 7.70. The highest BCUT2D eigenvalue weighted by atomic mass is 16.6. The Morgan fingerprint density at radius 1 is 1.19 bits per heavy atom. The molecule has 0 spiro atoms. The van der Waals surface area contributed by atoms with Crippen molar-refractivity contribution in [3.05, 3.63) is 58.6 Å². The molecule has 1 saturated heterocycles. The van der Waals surface area contributed by atoms with Gasteiger partial charge in [-0.1, -0.05) is 18.2 Å². The molecule has 27 heavy (non-hydrogen) atoms. The summed E-state index contributed by atoms with van der Waals surface area (Å²) < 4.78 is 7.13. The quantitative estimate of drug-likeness (QED) is 0.733. The van der Waals surface area contributed by atoms with Crippen LogP contribution in [0, 0.1) is 5.92 Å². The Morgan fingerprint density at radius 2 is 1.96 bits per heavy atom. The molecule has 3 fully saturated rings. The second kappa shape index (κ2) is 5.48. The average molecular weight is 369 g/mol. The molecular weight excluding hydrogens is 350 g/mol. The van der Waals surface area contributed by atoms with Crippen molar-refractivity contribution in [1.82, 2.24) is 9.55 Å². The van der Waals surface area contributed by atoms with E-state index >= 15 is 0 Å². The summed E-state index contributed by atoms with van der Waals surface area (Å²) in [5.74, 6) is -0.134. The van der Waals surface area contributed by atoms with Crippen LogP contribution in [0.2, 0.25) is 0 Å². The Morgan fingerprint density at radius 3 is 2.67 bits per heavy atom. The fraction of sp³-hybridized carbons (Fsp3) is 0.421. The Kier molecular flexibility index (Phi) is 3.37. The summed E-state index contributed by atoms with van der Waals surface area (Å²) in [4.78, 5) is 28.5. The number of nitrogens with zero attached hydrogens (tertiary/aromatic N) is 2. The number of nitrogens with one attached hydrogen (secondary N) is 1. The van der Waals surface area contributed by atoms with Crippen molar-refractivity contribution in [2.45, 2.75) is 42.8 Å². The van der Waals surface area contributed by atoms with Crippen molar-refractivity contribution in [2.75, 3.05) is 5.32 Å². The molecule has 0 unspecified atom stereocenters. The molecule has 1 aromatic heterocycles. The minimum atomic E-state index is -1.11. The number of rotatable bonds is 3. The Hall–Kier alpha value is -2.55. The lowest BCUT2D eigenvalue weighted by atomic mass is 9.92. The minimum absolute atomic E-state index is 0.0823. The molecule has 0 radical (unpaired) electrons. The van der Waals surface area contributed by atoms with Gasteiger partial charge in [-0.05, 0) is 37.0 Å². The van der Waals surface area contributed by atoms with Gasteiger partial charge < -0.3 is 20.3 Å². The minimum Gasteiger partial charge on any atom is -0.387 e. The van der Waals surface area contributed by atoms with Crippen molar-refractivity contribution in [3.8, 4) is 0 Å². The molecule has 0 bridgehead atoms. The maximum Gasteiger partial charge on any atom is 0.351 e. The Balaban J connectivity index is 1.34. The van der Waals surface area contributed by atoms with Gasteiger partial charge in [0.05, 0.1) is 11.2 Å². The number of carbonyl (C=O) groups is 1. The van der Waals surface area contributed by atoms with Gasteiger partial charge in [-0.25, -0.2) is 4.79 Å². The predicted octanol–water partition coefficient (Wildman–Crippen LogP) is 0.669. The first kappa shape index (κ1) is 16.6. The normalized spacial score (nSPS) is 36.1. The van der Waals surface area contributed by atoms with E-state index in [2.05, 4.69) is 10.3 Å². The monoisotopic (exact) mass is 369 g/mol. The molecule has 3 aliphatic rings. The van der Waals surface area contributed by atoms with Crippen LogP contribution in [-0.2, 0) is 4.74 Å². The zero-order chi connectivity index (χ0) is 18.8. The fourth-order valence-electron chi connectivity index (χ4n) is 4.49. The van der Waals surface area contributed by atoms with Crippen LogP contribution in [0.25, 0.3) is 0 Å². The number of aliphatic hydroxyl groups is 2. The first-order chi connectivity index (χ1) is 12.9. The van der Waals surface area contributed by atoms with Crippen LogP contribution < -0.4 is 11.0 Å². The van der Waals surface area contributed by atoms with Crippen molar-refractivity contribution < 1.29 is 19.7 Å². The first-order valence-electron chi connectivity index (χ1n) is 8.95. The number of hydrogen-bond acceptors (Lipinski definition) is 6. The van der Waals surface area contributed by atoms with Crippen LogP contribution in [0.3, 0.4) is 0 Å². The van der Waals surface area contributed by atoms with Crippen LogP contribution in [0.15, 0.2) is 47.4 Å². The van der Waals surface area contributed by atoms with E-state index in [9.17, 15) is 19.8 Å². The summed E-state index contributed by atoms with van der Waals surface area (Å²) in [6.45, 7) is 0. The van der Waals surface area contributed by atoms with Crippen LogP contribution in [-0.4, -0.2) is 43.0 Å². The predicted molar refractivity (Wildman–Crippen MR) is 94.0 cm³/mol. The third-order valence-corrected chi connectivity index (χ3v) is 5.90. The van der Waals surface area contributed by atoms with Gasteiger partial charge in [0.15, 0.2) is 0 Å². The van der Waals surface area contributed by atoms with Crippen molar-refractivity contribution in [3.63, 3.8) is 0 Å². The maximum atomic E-state index is 12.4. The van der Waals surface area contributed by atoms with E-state index in [1.807, 2.05) is 6.07 Å². The lowest BCUT2D eigenvalue weighted by Crippen LogP contribution is -2.41. The van der Waals surface area contributed by atoms with Crippen molar-refractivity contribution in [2.24, 2.45) is 5.92 Å². The molecule has 8 nitrogen and oxygen atoms in total. The topological polar surface area (TPSA) is 114 Å². The summed E-state index contributed by atoms with van der Waals surface area (Å²) in [5, 5.41) is 23.8. The van der Waals surface area contributed by atoms with Crippen LogP contribution in [0.4, 0.5) is 5.82 Å². The number of benzene rings is 1. The molecule has 140 valence electrons. The molecule has 2 aromatic rings. The van der Waals surface area contributed by atoms with E-state index in [4.69, 9.17) is 4.74 Å². The molecule has 3 N–H and O–H groups in total. The molecule has 5 atom stereocenters. The zero-order valence-corrected chi connectivity index (χ0v) is 14.4. The maximum absolute atomic E-state index is 12.4. The third-order valence-electron chi connectivity index (χ3n) is 5.90. The van der Waals surface area contributed by atoms with Crippen LogP contribution in [0.1, 0.15) is 35.8 Å². The van der Waals surface area contributed by atoms with E-state index in [1.54, 1.807) is 24.3 Å². The van der Waals surface area contributed by atoms with E-state index < -0.39 is 29.2 Å². The van der Waals surface area contributed by atoms with E-state index in [-0.39, 0.29) is 24.1 Å². The zero-order valence-electron chi connectivity index (χ0n) is 14.4. The molecule has 2 heterocycles. The van der Waals surface area contributed by atoms with Gasteiger partial charge in [-0.15, -0.1) is 0 Å². The molecular formula is C19H19N3O5. The molecule has 2 saturated carbocycles. The van der Waals surface area contributed by atoms with Crippen LogP contribution in [0.5, 0.6) is 0 Å². The average Bonchev–Trinajstić information content (AvgIpc) is 3.04. The van der Waals surface area contributed by atoms with Crippen LogP contribution >= 0.6 is 0 Å². The summed E-state index contributed by atoms with van der Waals surface area (Å²) >= 11 is 0. The number of fused-ring (bicyclic) bond motifs is 3. The summed E-state index contributed by atoms with van der Waals surface area (Å²) in [7, 11) is 0. The van der Waals surface area contributed by atoms with Gasteiger partial charge in [0, 0.05) is 18.2 Å². The first-order valence-corrected chi connectivity index (χ1v) is 8.95. The van der Waals surface area contributed by atoms with E-state index in [1.165, 1.54) is 16.8 Å². The number of anilines is 1. The molecule has 1 amide bonds. The fourth-order valence-corrected chi connectivity index (χ4v) is 4.49. The SMILES string of the molecule is O=C(Nc1ccn([C@H]2C[C@@]3(O)C[C@H]4C[C@]4(O)[C@H]3O2)c(=O)n1)c1ccccc1. The molecule has 8 heteroatoms. The summed E-state index contributed by atoms with van der Waals surface area (Å²) in [6, 6.07) is 10.1. The van der Waals surface area contributed by atoms with Gasteiger partial charge >= 0.3 is 5.69 Å². The smallest absolute Gasteiger partial charge is 0.351 e. The second-order valence-corrected chi connectivity index (χ2v) is 7.70. The number of hydrogen-bond donors (Lipinski definition) is 3. The third kappa shape index (κ3) is 2.52. The van der Waals surface area contributed by atoms with Gasteiger partial charge in [0.2, 0.25) is 0 Å². The van der Waals surface area contributed by atoms with Gasteiger partial charge in [0.1, 0.15) is 18.1 Å². The largest absolute Gasteiger partial charge is 0.387 e. The lowest BCUT2D eigenvalue weighted by molar-refractivity contribution is -0.108. The lowest BCUT2D eigenvalue weighted by Gasteiger charge is -2.24. The molecule has 1 aromatic carbocycles. The van der Waals surface area contributed by atoms with Gasteiger partial charge in [-0.3, -0.25) is 9.36 Å². The Bertz CT molecular complexity index is 977. The highest BCUT2D eigenvalue weighted by Gasteiger charge is 2.75. The molecule has 1 aliphatic heterocycles. The summed E-state index contributed by atoms with van der Waals surface area (Å²) in [6.07, 6.45) is 1.46. The van der Waals surface area contributed by atoms with Gasteiger partial charge in [0.25, 0.3) is 5.91 Å².